The zero-order valence-corrected chi connectivity index (χ0v) is 12.8. The van der Waals surface area contributed by atoms with Crippen molar-refractivity contribution in [3.05, 3.63) is 18.6 Å². The fraction of sp³-hybridized carbons (Fsp3) is 0.533. The van der Waals surface area contributed by atoms with Gasteiger partial charge in [0.1, 0.15) is 6.26 Å². The molecule has 0 aliphatic carbocycles. The van der Waals surface area contributed by atoms with Crippen molar-refractivity contribution in [1.82, 2.24) is 15.0 Å². The average Bonchev–Trinajstić information content (AvgIpc) is 3.18. The van der Waals surface area contributed by atoms with Crippen molar-refractivity contribution < 1.29 is 13.9 Å². The smallest absolute Gasteiger partial charge is 0.230 e. The third-order valence-corrected chi connectivity index (χ3v) is 3.98. The summed E-state index contributed by atoms with van der Waals surface area (Å²) in [5.41, 5.74) is 0.858. The van der Waals surface area contributed by atoms with E-state index >= 15 is 0 Å². The van der Waals surface area contributed by atoms with Crippen molar-refractivity contribution >= 4 is 11.9 Å². The van der Waals surface area contributed by atoms with Gasteiger partial charge in [0.15, 0.2) is 5.82 Å². The maximum atomic E-state index is 5.42. The number of nitrogens with zero attached hydrogens (tertiary/aromatic N) is 5. The number of morpholine rings is 2. The second-order valence-electron chi connectivity index (χ2n) is 5.47. The van der Waals surface area contributed by atoms with Crippen LogP contribution in [0.2, 0.25) is 0 Å². The van der Waals surface area contributed by atoms with Crippen molar-refractivity contribution in [1.29, 1.82) is 0 Å². The van der Waals surface area contributed by atoms with E-state index in [1.54, 1.807) is 12.5 Å². The number of hydrogen-bond donors (Lipinski definition) is 0. The van der Waals surface area contributed by atoms with Gasteiger partial charge in [-0.05, 0) is 6.07 Å². The summed E-state index contributed by atoms with van der Waals surface area (Å²) in [7, 11) is 0. The molecule has 23 heavy (non-hydrogen) atoms. The van der Waals surface area contributed by atoms with Gasteiger partial charge in [0, 0.05) is 26.2 Å². The van der Waals surface area contributed by atoms with Crippen molar-refractivity contribution in [2.75, 3.05) is 62.4 Å². The van der Waals surface area contributed by atoms with Crippen LogP contribution in [0.1, 0.15) is 0 Å². The van der Waals surface area contributed by atoms with Gasteiger partial charge in [-0.15, -0.1) is 0 Å². The van der Waals surface area contributed by atoms with E-state index < -0.39 is 0 Å². The van der Waals surface area contributed by atoms with Gasteiger partial charge in [0.2, 0.25) is 11.9 Å². The third kappa shape index (κ3) is 3.13. The normalized spacial score (nSPS) is 19.1. The minimum Gasteiger partial charge on any atom is -0.472 e. The molecule has 2 aromatic heterocycles. The topological polar surface area (TPSA) is 76.8 Å². The van der Waals surface area contributed by atoms with E-state index in [2.05, 4.69) is 24.8 Å². The van der Waals surface area contributed by atoms with Crippen LogP contribution in [0.4, 0.5) is 11.9 Å². The second kappa shape index (κ2) is 6.51. The Balaban J connectivity index is 1.70. The van der Waals surface area contributed by atoms with Gasteiger partial charge in [-0.25, -0.2) is 0 Å². The first kappa shape index (κ1) is 14.4. The fourth-order valence-corrected chi connectivity index (χ4v) is 2.68. The van der Waals surface area contributed by atoms with Crippen LogP contribution < -0.4 is 9.80 Å². The molecule has 2 aliphatic heterocycles. The molecule has 4 heterocycles. The number of hydrogen-bond acceptors (Lipinski definition) is 8. The molecule has 2 aliphatic rings. The molecule has 2 saturated heterocycles. The van der Waals surface area contributed by atoms with Crippen molar-refractivity contribution in [3.8, 4) is 11.4 Å². The Morgan fingerprint density at radius 1 is 0.783 bits per heavy atom. The molecule has 0 aromatic carbocycles. The highest BCUT2D eigenvalue weighted by Gasteiger charge is 2.21. The van der Waals surface area contributed by atoms with Crippen LogP contribution in [-0.2, 0) is 9.47 Å². The fourth-order valence-electron chi connectivity index (χ4n) is 2.68. The Bertz CT molecular complexity index is 600. The lowest BCUT2D eigenvalue weighted by Gasteiger charge is -2.30. The first-order chi connectivity index (χ1) is 11.4. The van der Waals surface area contributed by atoms with E-state index in [0.29, 0.717) is 44.1 Å². The Labute approximate surface area is 134 Å². The van der Waals surface area contributed by atoms with E-state index in [9.17, 15) is 0 Å². The lowest BCUT2D eigenvalue weighted by Crippen LogP contribution is -2.40. The summed E-state index contributed by atoms with van der Waals surface area (Å²) in [6.45, 7) is 5.93. The standard InChI is InChI=1S/C15H19N5O3/c1-6-23-11-12(1)13-16-14(19-2-7-21-8-3-19)18-15(17-13)20-4-9-22-10-5-20/h1,6,11H,2-5,7-10H2. The van der Waals surface area contributed by atoms with Gasteiger partial charge < -0.3 is 23.7 Å². The third-order valence-electron chi connectivity index (χ3n) is 3.98. The van der Waals surface area contributed by atoms with Crippen LogP contribution in [-0.4, -0.2) is 67.6 Å². The highest BCUT2D eigenvalue weighted by Crippen LogP contribution is 2.22. The molecule has 8 heteroatoms. The van der Waals surface area contributed by atoms with E-state index in [-0.39, 0.29) is 0 Å². The predicted molar refractivity (Wildman–Crippen MR) is 83.6 cm³/mol. The Morgan fingerprint density at radius 3 is 1.83 bits per heavy atom. The number of anilines is 2. The lowest BCUT2D eigenvalue weighted by molar-refractivity contribution is 0.121. The predicted octanol–water partition coefficient (Wildman–Crippen LogP) is 0.805. The van der Waals surface area contributed by atoms with Gasteiger partial charge in [-0.3, -0.25) is 0 Å². The van der Waals surface area contributed by atoms with Crippen LogP contribution >= 0.6 is 0 Å². The van der Waals surface area contributed by atoms with Gasteiger partial charge in [-0.2, -0.15) is 15.0 Å². The van der Waals surface area contributed by atoms with Crippen LogP contribution in [0.5, 0.6) is 0 Å². The molecule has 2 fully saturated rings. The largest absolute Gasteiger partial charge is 0.472 e. The van der Waals surface area contributed by atoms with Gasteiger partial charge in [0.05, 0.1) is 38.3 Å². The molecule has 0 atom stereocenters. The maximum absolute atomic E-state index is 5.42. The van der Waals surface area contributed by atoms with E-state index in [0.717, 1.165) is 31.7 Å². The molecule has 0 unspecified atom stereocenters. The summed E-state index contributed by atoms with van der Waals surface area (Å²) >= 11 is 0. The molecule has 8 nitrogen and oxygen atoms in total. The van der Waals surface area contributed by atoms with E-state index in [4.69, 9.17) is 13.9 Å². The average molecular weight is 317 g/mol. The number of ether oxygens (including phenoxy) is 2. The molecule has 4 rings (SSSR count). The van der Waals surface area contributed by atoms with Crippen molar-refractivity contribution in [3.63, 3.8) is 0 Å². The minimum atomic E-state index is 0.636. The zero-order valence-electron chi connectivity index (χ0n) is 12.8. The van der Waals surface area contributed by atoms with Crippen LogP contribution in [0.3, 0.4) is 0 Å². The number of rotatable bonds is 3. The number of aromatic nitrogens is 3. The molecule has 0 bridgehead atoms. The molecule has 122 valence electrons. The Hall–Kier alpha value is -2.19. The first-order valence-corrected chi connectivity index (χ1v) is 7.84. The Morgan fingerprint density at radius 2 is 1.35 bits per heavy atom. The maximum Gasteiger partial charge on any atom is 0.230 e. The van der Waals surface area contributed by atoms with Crippen LogP contribution in [0.25, 0.3) is 11.4 Å². The highest BCUT2D eigenvalue weighted by atomic mass is 16.5. The molecule has 0 N–H and O–H groups in total. The monoisotopic (exact) mass is 317 g/mol. The highest BCUT2D eigenvalue weighted by molar-refractivity contribution is 5.57. The summed E-state index contributed by atoms with van der Waals surface area (Å²) < 4.78 is 16.0. The van der Waals surface area contributed by atoms with Gasteiger partial charge in [-0.1, -0.05) is 0 Å². The molecule has 2 aromatic rings. The summed E-state index contributed by atoms with van der Waals surface area (Å²) in [6.07, 6.45) is 3.28. The molecule has 0 amide bonds. The minimum absolute atomic E-state index is 0.636. The Kier molecular flexibility index (Phi) is 4.08. The number of furan rings is 1. The molecule has 0 radical (unpaired) electrons. The summed E-state index contributed by atoms with van der Waals surface area (Å²) in [4.78, 5) is 18.2. The zero-order chi connectivity index (χ0) is 15.5. The van der Waals surface area contributed by atoms with E-state index in [1.165, 1.54) is 0 Å². The van der Waals surface area contributed by atoms with Gasteiger partial charge >= 0.3 is 0 Å². The van der Waals surface area contributed by atoms with Crippen LogP contribution in [0, 0.1) is 0 Å². The molecule has 0 saturated carbocycles. The quantitative estimate of drug-likeness (QED) is 0.823. The van der Waals surface area contributed by atoms with E-state index in [1.807, 2.05) is 6.07 Å². The molecular weight excluding hydrogens is 298 g/mol. The summed E-state index contributed by atoms with van der Waals surface area (Å²) in [6, 6.07) is 1.86. The SMILES string of the molecule is c1cc(-c2nc(N3CCOCC3)nc(N3CCOCC3)n2)co1. The molecular formula is C15H19N5O3. The first-order valence-electron chi connectivity index (χ1n) is 7.84. The van der Waals surface area contributed by atoms with Gasteiger partial charge in [0.25, 0.3) is 0 Å². The summed E-state index contributed by atoms with van der Waals surface area (Å²) in [5, 5.41) is 0. The van der Waals surface area contributed by atoms with Crippen molar-refractivity contribution in [2.45, 2.75) is 0 Å². The lowest BCUT2D eigenvalue weighted by atomic mass is 10.3. The second-order valence-corrected chi connectivity index (χ2v) is 5.47. The van der Waals surface area contributed by atoms with Crippen molar-refractivity contribution in [2.24, 2.45) is 0 Å². The summed E-state index contributed by atoms with van der Waals surface area (Å²) in [5.74, 6) is 2.03. The van der Waals surface area contributed by atoms with Crippen LogP contribution in [0.15, 0.2) is 23.0 Å². The molecule has 0 spiro atoms.